The Hall–Kier alpha value is -1.33. The molecule has 0 aliphatic heterocycles. The maximum Gasteiger partial charge on any atom is 0.407 e. The number of benzene rings is 1. The second-order valence-electron chi connectivity index (χ2n) is 9.32. The largest absolute Gasteiger partial charge is 0.445 e. The van der Waals surface area contributed by atoms with Gasteiger partial charge in [-0.25, -0.2) is 4.79 Å². The van der Waals surface area contributed by atoms with Gasteiger partial charge in [0.05, 0.1) is 0 Å². The van der Waals surface area contributed by atoms with Crippen LogP contribution >= 0.6 is 0 Å². The van der Waals surface area contributed by atoms with Gasteiger partial charge in [0.1, 0.15) is 6.61 Å². The van der Waals surface area contributed by atoms with Crippen molar-refractivity contribution in [2.24, 2.45) is 0 Å². The maximum atomic E-state index is 12.2. The third-order valence-electron chi connectivity index (χ3n) is 5.92. The summed E-state index contributed by atoms with van der Waals surface area (Å²) in [4.78, 5) is 12.2. The van der Waals surface area contributed by atoms with Gasteiger partial charge in [0.15, 0.2) is 8.32 Å². The van der Waals surface area contributed by atoms with Crippen molar-refractivity contribution < 1.29 is 14.0 Å². The van der Waals surface area contributed by atoms with Gasteiger partial charge in [-0.2, -0.15) is 0 Å². The van der Waals surface area contributed by atoms with E-state index < -0.39 is 8.32 Å². The van der Waals surface area contributed by atoms with Crippen LogP contribution in [0.15, 0.2) is 30.3 Å². The van der Waals surface area contributed by atoms with Crippen molar-refractivity contribution in [2.45, 2.75) is 89.8 Å². The smallest absolute Gasteiger partial charge is 0.407 e. The molecular weight excluding hydrogens is 342 g/mol. The summed E-state index contributed by atoms with van der Waals surface area (Å²) in [6, 6.07) is 9.76. The fourth-order valence-electron chi connectivity index (χ4n) is 3.07. The van der Waals surface area contributed by atoms with Crippen molar-refractivity contribution in [1.29, 1.82) is 0 Å². The summed E-state index contributed by atoms with van der Waals surface area (Å²) >= 11 is 0. The van der Waals surface area contributed by atoms with Crippen molar-refractivity contribution >= 4 is 14.4 Å². The van der Waals surface area contributed by atoms with E-state index in [0.717, 1.165) is 31.2 Å². The molecule has 0 spiro atoms. The third-order valence-corrected chi connectivity index (χ3v) is 10.5. The molecule has 1 aliphatic rings. The molecule has 1 fully saturated rings. The number of rotatable bonds is 5. The Labute approximate surface area is 159 Å². The molecule has 5 heteroatoms. The first-order chi connectivity index (χ1) is 12.0. The van der Waals surface area contributed by atoms with Gasteiger partial charge in [0.25, 0.3) is 0 Å². The molecule has 26 heavy (non-hydrogen) atoms. The number of hydrogen-bond acceptors (Lipinski definition) is 3. The Kier molecular flexibility index (Phi) is 6.56. The van der Waals surface area contributed by atoms with Crippen molar-refractivity contribution in [1.82, 2.24) is 5.32 Å². The van der Waals surface area contributed by atoms with Crippen LogP contribution in [-0.2, 0) is 15.8 Å². The molecule has 1 aliphatic carbocycles. The van der Waals surface area contributed by atoms with E-state index in [-0.39, 0.29) is 16.7 Å². The van der Waals surface area contributed by atoms with Crippen molar-refractivity contribution in [3.05, 3.63) is 35.9 Å². The molecule has 0 aromatic heterocycles. The van der Waals surface area contributed by atoms with Gasteiger partial charge in [0, 0.05) is 11.6 Å². The zero-order valence-corrected chi connectivity index (χ0v) is 18.2. The first-order valence-electron chi connectivity index (χ1n) is 9.67. The lowest BCUT2D eigenvalue weighted by Gasteiger charge is -2.43. The fourth-order valence-corrected chi connectivity index (χ4v) is 4.49. The Morgan fingerprint density at radius 2 is 1.77 bits per heavy atom. The summed E-state index contributed by atoms with van der Waals surface area (Å²) in [6.45, 7) is 13.8. The topological polar surface area (TPSA) is 47.6 Å². The minimum Gasteiger partial charge on any atom is -0.445 e. The van der Waals surface area contributed by atoms with Crippen molar-refractivity contribution in [3.63, 3.8) is 0 Å². The molecule has 4 nitrogen and oxygen atoms in total. The van der Waals surface area contributed by atoms with Gasteiger partial charge in [-0.05, 0) is 56.3 Å². The Morgan fingerprint density at radius 1 is 1.19 bits per heavy atom. The second-order valence-corrected chi connectivity index (χ2v) is 14.1. The Balaban J connectivity index is 1.79. The normalized spacial score (nSPS) is 24.2. The average Bonchev–Trinajstić information content (AvgIpc) is 2.55. The molecule has 2 rings (SSSR count). The SMILES string of the molecule is CC1(NC(=O)OCc2ccccc2)CCC(O[Si](C)(C)C(C)(C)C)CC1. The molecular formula is C21H35NO3Si. The van der Waals surface area contributed by atoms with Crippen LogP contribution in [-0.4, -0.2) is 26.1 Å². The van der Waals surface area contributed by atoms with Crippen LogP contribution in [0, 0.1) is 0 Å². The second kappa shape index (κ2) is 8.13. The standard InChI is InChI=1S/C21H35NO3Si/c1-20(2,3)26(5,6)25-18-12-14-21(4,15-13-18)22-19(23)24-16-17-10-8-7-9-11-17/h7-11,18H,12-16H2,1-6H3,(H,22,23). The maximum absolute atomic E-state index is 12.2. The lowest BCUT2D eigenvalue weighted by atomic mass is 9.82. The predicted octanol–water partition coefficient (Wildman–Crippen LogP) is 5.64. The van der Waals surface area contributed by atoms with Crippen LogP contribution in [0.25, 0.3) is 0 Å². The number of carbonyl (C=O) groups is 1. The molecule has 1 aromatic rings. The minimum atomic E-state index is -1.73. The predicted molar refractivity (Wildman–Crippen MR) is 109 cm³/mol. The quantitative estimate of drug-likeness (QED) is 0.676. The monoisotopic (exact) mass is 377 g/mol. The van der Waals surface area contributed by atoms with E-state index in [0.29, 0.717) is 12.7 Å². The van der Waals surface area contributed by atoms with E-state index in [4.69, 9.17) is 9.16 Å². The van der Waals surface area contributed by atoms with Gasteiger partial charge in [-0.3, -0.25) is 0 Å². The molecule has 0 bridgehead atoms. The first kappa shape index (κ1) is 21.0. The van der Waals surface area contributed by atoms with Gasteiger partial charge in [-0.1, -0.05) is 51.1 Å². The van der Waals surface area contributed by atoms with E-state index in [1.54, 1.807) is 0 Å². The van der Waals surface area contributed by atoms with Crippen LogP contribution in [0.5, 0.6) is 0 Å². The zero-order valence-electron chi connectivity index (χ0n) is 17.2. The number of ether oxygens (including phenoxy) is 1. The molecule has 1 N–H and O–H groups in total. The van der Waals surface area contributed by atoms with E-state index >= 15 is 0 Å². The van der Waals surface area contributed by atoms with Crippen LogP contribution in [0.2, 0.25) is 18.1 Å². The van der Waals surface area contributed by atoms with Crippen molar-refractivity contribution in [2.75, 3.05) is 0 Å². The van der Waals surface area contributed by atoms with E-state index in [9.17, 15) is 4.79 Å². The third kappa shape index (κ3) is 5.85. The molecule has 1 aromatic carbocycles. The number of amides is 1. The highest BCUT2D eigenvalue weighted by Gasteiger charge is 2.41. The molecule has 0 saturated heterocycles. The Bertz CT molecular complexity index is 587. The summed E-state index contributed by atoms with van der Waals surface area (Å²) in [5.74, 6) is 0. The molecule has 0 heterocycles. The first-order valence-corrected chi connectivity index (χ1v) is 12.6. The Morgan fingerprint density at radius 3 is 2.31 bits per heavy atom. The summed E-state index contributed by atoms with van der Waals surface area (Å²) in [5, 5.41) is 3.30. The summed E-state index contributed by atoms with van der Waals surface area (Å²) in [6.07, 6.45) is 3.80. The van der Waals surface area contributed by atoms with Gasteiger partial charge in [0.2, 0.25) is 0 Å². The number of alkyl carbamates (subject to hydrolysis) is 1. The zero-order chi connectivity index (χ0) is 19.4. The number of carbonyl (C=O) groups excluding carboxylic acids is 1. The number of hydrogen-bond donors (Lipinski definition) is 1. The molecule has 0 radical (unpaired) electrons. The summed E-state index contributed by atoms with van der Waals surface area (Å²) in [5.41, 5.74) is 0.792. The molecule has 146 valence electrons. The highest BCUT2D eigenvalue weighted by molar-refractivity contribution is 6.74. The highest BCUT2D eigenvalue weighted by atomic mass is 28.4. The van der Waals surface area contributed by atoms with Crippen molar-refractivity contribution in [3.8, 4) is 0 Å². The number of nitrogens with one attached hydrogen (secondary N) is 1. The van der Waals surface area contributed by atoms with Crippen LogP contribution < -0.4 is 5.32 Å². The lowest BCUT2D eigenvalue weighted by Crippen LogP contribution is -2.51. The van der Waals surface area contributed by atoms with Gasteiger partial charge < -0.3 is 14.5 Å². The molecule has 0 unspecified atom stereocenters. The molecule has 1 saturated carbocycles. The highest BCUT2D eigenvalue weighted by Crippen LogP contribution is 2.40. The van der Waals surface area contributed by atoms with Crippen LogP contribution in [0.4, 0.5) is 4.79 Å². The van der Waals surface area contributed by atoms with E-state index in [1.165, 1.54) is 0 Å². The minimum absolute atomic E-state index is 0.207. The van der Waals surface area contributed by atoms with Gasteiger partial charge >= 0.3 is 6.09 Å². The summed E-state index contributed by atoms with van der Waals surface area (Å²) < 4.78 is 11.9. The molecule has 0 atom stereocenters. The van der Waals surface area contributed by atoms with E-state index in [2.05, 4.69) is 46.1 Å². The fraction of sp³-hybridized carbons (Fsp3) is 0.667. The summed E-state index contributed by atoms with van der Waals surface area (Å²) in [7, 11) is -1.73. The van der Waals surface area contributed by atoms with Gasteiger partial charge in [-0.15, -0.1) is 0 Å². The van der Waals surface area contributed by atoms with Crippen LogP contribution in [0.1, 0.15) is 58.9 Å². The van der Waals surface area contributed by atoms with E-state index in [1.807, 2.05) is 30.3 Å². The average molecular weight is 378 g/mol. The van der Waals surface area contributed by atoms with Crippen LogP contribution in [0.3, 0.4) is 0 Å². The lowest BCUT2D eigenvalue weighted by molar-refractivity contribution is 0.0841. The molecule has 1 amide bonds.